The normalized spacial score (nSPS) is 10.3. The summed E-state index contributed by atoms with van der Waals surface area (Å²) < 4.78 is 7.39. The molecule has 0 aliphatic heterocycles. The third-order valence-electron chi connectivity index (χ3n) is 3.80. The highest BCUT2D eigenvalue weighted by Crippen LogP contribution is 2.16. The zero-order valence-electron chi connectivity index (χ0n) is 13.5. The monoisotopic (exact) mass is 318 g/mol. The molecule has 3 nitrogen and oxygen atoms in total. The second-order valence-electron chi connectivity index (χ2n) is 5.55. The van der Waals surface area contributed by atoms with Crippen LogP contribution < -0.4 is 4.57 Å². The first-order chi connectivity index (χ1) is 11.8. The summed E-state index contributed by atoms with van der Waals surface area (Å²) in [5, 5.41) is 0. The lowest BCUT2D eigenvalue weighted by Gasteiger charge is -2.04. The summed E-state index contributed by atoms with van der Waals surface area (Å²) in [6, 6.07) is 23.6. The second kappa shape index (κ2) is 8.06. The zero-order chi connectivity index (χ0) is 16.6. The van der Waals surface area contributed by atoms with E-state index in [1.807, 2.05) is 36.4 Å². The number of benzene rings is 2. The molecular formula is C21H20NO2+. The summed E-state index contributed by atoms with van der Waals surface area (Å²) >= 11 is 0. The molecule has 0 amide bonds. The molecule has 0 saturated carbocycles. The second-order valence-corrected chi connectivity index (χ2v) is 5.55. The molecule has 0 unspecified atom stereocenters. The third kappa shape index (κ3) is 4.29. The molecule has 0 atom stereocenters. The third-order valence-corrected chi connectivity index (χ3v) is 3.80. The molecule has 3 rings (SSSR count). The van der Waals surface area contributed by atoms with Gasteiger partial charge in [0, 0.05) is 18.6 Å². The SMILES string of the molecule is O=C(OCCC[n+]1ccc(-c2ccccc2)cc1)c1ccccc1. The summed E-state index contributed by atoms with van der Waals surface area (Å²) in [6.45, 7) is 1.23. The van der Waals surface area contributed by atoms with E-state index in [4.69, 9.17) is 4.74 Å². The Morgan fingerprint density at radius 3 is 2.04 bits per heavy atom. The van der Waals surface area contributed by atoms with Crippen LogP contribution in [-0.2, 0) is 11.3 Å². The molecule has 120 valence electrons. The zero-order valence-corrected chi connectivity index (χ0v) is 13.5. The predicted octanol–water partition coefficient (Wildman–Crippen LogP) is 3.89. The number of rotatable bonds is 6. The minimum atomic E-state index is -0.264. The van der Waals surface area contributed by atoms with Gasteiger partial charge in [0.25, 0.3) is 0 Å². The molecule has 0 spiro atoms. The number of esters is 1. The Morgan fingerprint density at radius 2 is 1.38 bits per heavy atom. The number of pyridine rings is 1. The van der Waals surface area contributed by atoms with Crippen LogP contribution >= 0.6 is 0 Å². The van der Waals surface area contributed by atoms with Crippen LogP contribution in [0.25, 0.3) is 11.1 Å². The maximum absolute atomic E-state index is 11.8. The first-order valence-electron chi connectivity index (χ1n) is 8.09. The Labute approximate surface area is 142 Å². The van der Waals surface area contributed by atoms with Crippen molar-refractivity contribution in [2.24, 2.45) is 0 Å². The van der Waals surface area contributed by atoms with Crippen molar-refractivity contribution in [2.75, 3.05) is 6.61 Å². The standard InChI is InChI=1S/C21H20NO2/c23-21(20-10-5-2-6-11-20)24-17-7-14-22-15-12-19(13-16-22)18-8-3-1-4-9-18/h1-6,8-13,15-16H,7,14,17H2/q+1. The Bertz CT molecular complexity index is 768. The fourth-order valence-corrected chi connectivity index (χ4v) is 2.50. The van der Waals surface area contributed by atoms with Crippen molar-refractivity contribution >= 4 is 5.97 Å². The van der Waals surface area contributed by atoms with Crippen LogP contribution in [0.15, 0.2) is 85.2 Å². The molecule has 0 radical (unpaired) electrons. The summed E-state index contributed by atoms with van der Waals surface area (Å²) in [5.41, 5.74) is 3.00. The van der Waals surface area contributed by atoms with Gasteiger partial charge in [0.2, 0.25) is 0 Å². The van der Waals surface area contributed by atoms with Crippen LogP contribution in [-0.4, -0.2) is 12.6 Å². The number of hydrogen-bond acceptors (Lipinski definition) is 2. The smallest absolute Gasteiger partial charge is 0.338 e. The van der Waals surface area contributed by atoms with Crippen LogP contribution in [0.2, 0.25) is 0 Å². The van der Waals surface area contributed by atoms with Gasteiger partial charge in [-0.25, -0.2) is 9.36 Å². The number of hydrogen-bond donors (Lipinski definition) is 0. The summed E-state index contributed by atoms with van der Waals surface area (Å²) in [5.74, 6) is -0.264. The van der Waals surface area contributed by atoms with Crippen molar-refractivity contribution in [2.45, 2.75) is 13.0 Å². The molecule has 0 fully saturated rings. The number of nitrogens with zero attached hydrogens (tertiary/aromatic N) is 1. The molecule has 0 saturated heterocycles. The van der Waals surface area contributed by atoms with Crippen molar-refractivity contribution in [3.05, 3.63) is 90.8 Å². The van der Waals surface area contributed by atoms with Gasteiger partial charge in [-0.1, -0.05) is 48.5 Å². The van der Waals surface area contributed by atoms with Gasteiger partial charge in [0.1, 0.15) is 0 Å². The van der Waals surface area contributed by atoms with Crippen LogP contribution in [0.5, 0.6) is 0 Å². The van der Waals surface area contributed by atoms with E-state index in [-0.39, 0.29) is 5.97 Å². The van der Waals surface area contributed by atoms with Gasteiger partial charge in [-0.3, -0.25) is 0 Å². The van der Waals surface area contributed by atoms with E-state index >= 15 is 0 Å². The Hall–Kier alpha value is -2.94. The number of aromatic nitrogens is 1. The molecule has 24 heavy (non-hydrogen) atoms. The highest BCUT2D eigenvalue weighted by atomic mass is 16.5. The lowest BCUT2D eigenvalue weighted by atomic mass is 10.1. The van der Waals surface area contributed by atoms with E-state index < -0.39 is 0 Å². The van der Waals surface area contributed by atoms with Crippen LogP contribution in [0.4, 0.5) is 0 Å². The fraction of sp³-hybridized carbons (Fsp3) is 0.143. The predicted molar refractivity (Wildman–Crippen MR) is 93.4 cm³/mol. The van der Waals surface area contributed by atoms with Crippen LogP contribution in [0, 0.1) is 0 Å². The molecule has 3 aromatic rings. The molecule has 0 aliphatic carbocycles. The van der Waals surface area contributed by atoms with E-state index in [9.17, 15) is 4.79 Å². The lowest BCUT2D eigenvalue weighted by molar-refractivity contribution is -0.697. The molecule has 0 bridgehead atoms. The maximum Gasteiger partial charge on any atom is 0.338 e. The number of ether oxygens (including phenoxy) is 1. The molecule has 0 N–H and O–H groups in total. The number of carbonyl (C=O) groups excluding carboxylic acids is 1. The molecule has 3 heteroatoms. The van der Waals surface area contributed by atoms with Crippen LogP contribution in [0.1, 0.15) is 16.8 Å². The summed E-state index contributed by atoms with van der Waals surface area (Å²) in [4.78, 5) is 11.8. The Kier molecular flexibility index (Phi) is 5.36. The maximum atomic E-state index is 11.8. The van der Waals surface area contributed by atoms with Crippen LogP contribution in [0.3, 0.4) is 0 Å². The minimum absolute atomic E-state index is 0.264. The Morgan fingerprint density at radius 1 is 0.792 bits per heavy atom. The number of carbonyl (C=O) groups is 1. The molecule has 1 heterocycles. The van der Waals surface area contributed by atoms with E-state index in [0.717, 1.165) is 13.0 Å². The van der Waals surface area contributed by atoms with E-state index in [1.54, 1.807) is 12.1 Å². The van der Waals surface area contributed by atoms with Crippen molar-refractivity contribution in [1.29, 1.82) is 0 Å². The van der Waals surface area contributed by atoms with Crippen molar-refractivity contribution in [1.82, 2.24) is 0 Å². The lowest BCUT2D eigenvalue weighted by Crippen LogP contribution is -2.33. The largest absolute Gasteiger partial charge is 0.462 e. The molecule has 0 aliphatic rings. The van der Waals surface area contributed by atoms with E-state index in [0.29, 0.717) is 12.2 Å². The topological polar surface area (TPSA) is 30.2 Å². The van der Waals surface area contributed by atoms with Gasteiger partial charge < -0.3 is 4.74 Å². The van der Waals surface area contributed by atoms with Crippen molar-refractivity contribution in [3.8, 4) is 11.1 Å². The summed E-state index contributed by atoms with van der Waals surface area (Å²) in [7, 11) is 0. The molecule has 1 aromatic heterocycles. The average molecular weight is 318 g/mol. The van der Waals surface area contributed by atoms with Gasteiger partial charge in [-0.05, 0) is 23.3 Å². The fourth-order valence-electron chi connectivity index (χ4n) is 2.50. The first-order valence-corrected chi connectivity index (χ1v) is 8.09. The highest BCUT2D eigenvalue weighted by molar-refractivity contribution is 5.89. The van der Waals surface area contributed by atoms with Crippen molar-refractivity contribution < 1.29 is 14.1 Å². The van der Waals surface area contributed by atoms with Gasteiger partial charge in [-0.15, -0.1) is 0 Å². The van der Waals surface area contributed by atoms with Gasteiger partial charge in [0.15, 0.2) is 18.9 Å². The van der Waals surface area contributed by atoms with Crippen molar-refractivity contribution in [3.63, 3.8) is 0 Å². The first kappa shape index (κ1) is 15.9. The average Bonchev–Trinajstić information content (AvgIpc) is 2.67. The highest BCUT2D eigenvalue weighted by Gasteiger charge is 2.07. The van der Waals surface area contributed by atoms with E-state index in [2.05, 4.69) is 41.2 Å². The van der Waals surface area contributed by atoms with Gasteiger partial charge in [-0.2, -0.15) is 0 Å². The van der Waals surface area contributed by atoms with E-state index in [1.165, 1.54) is 11.1 Å². The Balaban J connectivity index is 1.46. The molecule has 2 aromatic carbocycles. The number of aryl methyl sites for hydroxylation is 1. The van der Waals surface area contributed by atoms with Gasteiger partial charge >= 0.3 is 5.97 Å². The minimum Gasteiger partial charge on any atom is -0.462 e. The summed E-state index contributed by atoms with van der Waals surface area (Å²) in [6.07, 6.45) is 4.90. The van der Waals surface area contributed by atoms with Gasteiger partial charge in [0.05, 0.1) is 12.2 Å². The quantitative estimate of drug-likeness (QED) is 0.392. The molecular weight excluding hydrogens is 298 g/mol.